The molecule has 3 aromatic rings. The van der Waals surface area contributed by atoms with Gasteiger partial charge in [0.2, 0.25) is 0 Å². The van der Waals surface area contributed by atoms with E-state index in [1.54, 1.807) is 54.6 Å². The molecule has 0 radical (unpaired) electrons. The summed E-state index contributed by atoms with van der Waals surface area (Å²) in [5.41, 5.74) is 0.566. The number of hydrogen-bond donors (Lipinski definition) is 1. The predicted octanol–water partition coefficient (Wildman–Crippen LogP) is 5.87. The lowest BCUT2D eigenvalue weighted by molar-refractivity contribution is -0.120. The van der Waals surface area contributed by atoms with Gasteiger partial charge in [0.15, 0.2) is 0 Å². The number of carbonyl (C=O) groups is 2. The van der Waals surface area contributed by atoms with Gasteiger partial charge >= 0.3 is 0 Å². The second-order valence-electron chi connectivity index (χ2n) is 6.74. The molecule has 0 aliphatic carbocycles. The van der Waals surface area contributed by atoms with Crippen LogP contribution in [0.2, 0.25) is 5.02 Å². The summed E-state index contributed by atoms with van der Waals surface area (Å²) in [6, 6.07) is 19.6. The van der Waals surface area contributed by atoms with E-state index in [0.29, 0.717) is 28.0 Å². The second kappa shape index (κ2) is 9.46. The Morgan fingerprint density at radius 1 is 0.969 bits per heavy atom. The number of amides is 2. The van der Waals surface area contributed by atoms with Gasteiger partial charge in [-0.2, -0.15) is 0 Å². The fraction of sp³-hybridized carbons (Fsp3) is 0.0833. The van der Waals surface area contributed by atoms with Crippen molar-refractivity contribution in [3.8, 4) is 5.75 Å². The number of nitrogens with zero attached hydrogens (tertiary/aromatic N) is 1. The SMILES string of the molecule is CCOc1ccc(NC2=C(Sc3ccc(Cl)cc3)C(=O)N(c3ccccc3F)C2=O)cc1. The summed E-state index contributed by atoms with van der Waals surface area (Å²) < 4.78 is 19.9. The number of ether oxygens (including phenoxy) is 1. The standard InChI is InChI=1S/C24H18ClFN2O3S/c1-2-31-17-11-9-16(10-12-17)27-21-22(32-18-13-7-15(25)8-14-18)24(30)28(23(21)29)20-6-4-3-5-19(20)26/h3-14,27H,2H2,1H3. The summed E-state index contributed by atoms with van der Waals surface area (Å²) in [6.45, 7) is 2.42. The molecular weight excluding hydrogens is 451 g/mol. The number of thioether (sulfide) groups is 1. The van der Waals surface area contributed by atoms with Crippen LogP contribution >= 0.6 is 23.4 Å². The molecule has 0 aromatic heterocycles. The van der Waals surface area contributed by atoms with E-state index >= 15 is 0 Å². The van der Waals surface area contributed by atoms with Gasteiger partial charge in [-0.15, -0.1) is 0 Å². The fourth-order valence-electron chi connectivity index (χ4n) is 3.13. The smallest absolute Gasteiger partial charge is 0.283 e. The molecular formula is C24H18ClFN2O3S. The minimum atomic E-state index is -0.660. The number of nitrogens with one attached hydrogen (secondary N) is 1. The van der Waals surface area contributed by atoms with Crippen LogP contribution in [0.1, 0.15) is 6.92 Å². The number of anilines is 2. The highest BCUT2D eigenvalue weighted by Crippen LogP contribution is 2.38. The van der Waals surface area contributed by atoms with Gasteiger partial charge in [0.25, 0.3) is 11.8 Å². The summed E-state index contributed by atoms with van der Waals surface area (Å²) in [5.74, 6) is -1.21. The molecule has 1 aliphatic rings. The highest BCUT2D eigenvalue weighted by molar-refractivity contribution is 8.04. The average molecular weight is 469 g/mol. The molecule has 162 valence electrons. The second-order valence-corrected chi connectivity index (χ2v) is 8.26. The van der Waals surface area contributed by atoms with Crippen LogP contribution < -0.4 is 15.0 Å². The minimum Gasteiger partial charge on any atom is -0.494 e. The summed E-state index contributed by atoms with van der Waals surface area (Å²) in [4.78, 5) is 28.2. The van der Waals surface area contributed by atoms with Crippen molar-refractivity contribution in [1.82, 2.24) is 0 Å². The van der Waals surface area contributed by atoms with Crippen LogP contribution in [0.3, 0.4) is 0 Å². The van der Waals surface area contributed by atoms with Crippen molar-refractivity contribution in [3.63, 3.8) is 0 Å². The van der Waals surface area contributed by atoms with Crippen LogP contribution in [-0.4, -0.2) is 18.4 Å². The summed E-state index contributed by atoms with van der Waals surface area (Å²) in [5, 5.41) is 3.59. The molecule has 0 atom stereocenters. The molecule has 0 bridgehead atoms. The van der Waals surface area contributed by atoms with Crippen molar-refractivity contribution < 1.29 is 18.7 Å². The molecule has 0 saturated carbocycles. The van der Waals surface area contributed by atoms with Crippen molar-refractivity contribution in [2.75, 3.05) is 16.8 Å². The molecule has 0 unspecified atom stereocenters. The molecule has 8 heteroatoms. The van der Waals surface area contributed by atoms with Crippen molar-refractivity contribution in [1.29, 1.82) is 0 Å². The van der Waals surface area contributed by atoms with E-state index in [-0.39, 0.29) is 16.3 Å². The third-order valence-electron chi connectivity index (χ3n) is 4.60. The number of imide groups is 1. The lowest BCUT2D eigenvalue weighted by Crippen LogP contribution is -2.33. The Morgan fingerprint density at radius 2 is 1.66 bits per heavy atom. The Balaban J connectivity index is 1.71. The van der Waals surface area contributed by atoms with E-state index in [1.165, 1.54) is 18.2 Å². The molecule has 5 nitrogen and oxygen atoms in total. The van der Waals surface area contributed by atoms with Crippen molar-refractivity contribution in [2.45, 2.75) is 11.8 Å². The van der Waals surface area contributed by atoms with Gasteiger partial charge in [-0.05, 0) is 67.6 Å². The first-order valence-corrected chi connectivity index (χ1v) is 11.0. The normalized spacial score (nSPS) is 13.7. The van der Waals surface area contributed by atoms with E-state index < -0.39 is 17.6 Å². The van der Waals surface area contributed by atoms with Gasteiger partial charge in [-0.25, -0.2) is 9.29 Å². The van der Waals surface area contributed by atoms with Gasteiger partial charge < -0.3 is 10.1 Å². The zero-order valence-electron chi connectivity index (χ0n) is 17.0. The van der Waals surface area contributed by atoms with Crippen molar-refractivity contribution in [3.05, 3.63) is 94.2 Å². The maximum Gasteiger partial charge on any atom is 0.283 e. The number of benzene rings is 3. The van der Waals surface area contributed by atoms with Crippen LogP contribution in [-0.2, 0) is 9.59 Å². The Labute approximate surface area is 193 Å². The molecule has 4 rings (SSSR count). The highest BCUT2D eigenvalue weighted by atomic mass is 35.5. The topological polar surface area (TPSA) is 58.6 Å². The summed E-state index contributed by atoms with van der Waals surface area (Å²) in [6.07, 6.45) is 0. The number of hydrogen-bond acceptors (Lipinski definition) is 5. The average Bonchev–Trinajstić information content (AvgIpc) is 3.01. The molecule has 1 heterocycles. The molecule has 0 fully saturated rings. The first kappa shape index (κ1) is 21.9. The van der Waals surface area contributed by atoms with Gasteiger partial charge in [0.1, 0.15) is 22.2 Å². The maximum atomic E-state index is 14.4. The monoisotopic (exact) mass is 468 g/mol. The molecule has 32 heavy (non-hydrogen) atoms. The number of para-hydroxylation sites is 1. The zero-order valence-corrected chi connectivity index (χ0v) is 18.5. The van der Waals surface area contributed by atoms with Crippen molar-refractivity contribution in [2.24, 2.45) is 0 Å². The quantitative estimate of drug-likeness (QED) is 0.440. The Hall–Kier alpha value is -3.29. The highest BCUT2D eigenvalue weighted by Gasteiger charge is 2.41. The Kier molecular flexibility index (Phi) is 6.48. The van der Waals surface area contributed by atoms with E-state index in [4.69, 9.17) is 16.3 Å². The number of halogens is 2. The Bertz CT molecular complexity index is 1200. The zero-order chi connectivity index (χ0) is 22.7. The van der Waals surface area contributed by atoms with Crippen LogP contribution in [0.15, 0.2) is 88.3 Å². The van der Waals surface area contributed by atoms with E-state index in [2.05, 4.69) is 5.32 Å². The first-order valence-electron chi connectivity index (χ1n) is 9.79. The van der Waals surface area contributed by atoms with Gasteiger partial charge in [-0.1, -0.05) is 35.5 Å². The molecule has 1 aliphatic heterocycles. The summed E-state index contributed by atoms with van der Waals surface area (Å²) in [7, 11) is 0. The molecule has 0 spiro atoms. The maximum absolute atomic E-state index is 14.4. The van der Waals surface area contributed by atoms with Crippen LogP contribution in [0.5, 0.6) is 5.75 Å². The van der Waals surface area contributed by atoms with E-state index in [1.807, 2.05) is 6.92 Å². The largest absolute Gasteiger partial charge is 0.494 e. The predicted molar refractivity (Wildman–Crippen MR) is 124 cm³/mol. The van der Waals surface area contributed by atoms with E-state index in [0.717, 1.165) is 16.7 Å². The summed E-state index contributed by atoms with van der Waals surface area (Å²) >= 11 is 7.07. The van der Waals surface area contributed by atoms with Crippen molar-refractivity contribution >= 4 is 46.6 Å². The number of rotatable bonds is 7. The fourth-order valence-corrected chi connectivity index (χ4v) is 4.19. The molecule has 2 amide bonds. The van der Waals surface area contributed by atoms with Gasteiger partial charge in [0, 0.05) is 15.6 Å². The van der Waals surface area contributed by atoms with E-state index in [9.17, 15) is 14.0 Å². The van der Waals surface area contributed by atoms with Crippen LogP contribution in [0.4, 0.5) is 15.8 Å². The third kappa shape index (κ3) is 4.49. The molecule has 3 aromatic carbocycles. The van der Waals surface area contributed by atoms with Gasteiger partial charge in [0.05, 0.1) is 12.3 Å². The van der Waals surface area contributed by atoms with Crippen LogP contribution in [0, 0.1) is 5.82 Å². The lowest BCUT2D eigenvalue weighted by Gasteiger charge is -2.16. The van der Waals surface area contributed by atoms with Gasteiger partial charge in [-0.3, -0.25) is 9.59 Å². The Morgan fingerprint density at radius 3 is 2.31 bits per heavy atom. The number of carbonyl (C=O) groups excluding carboxylic acids is 2. The third-order valence-corrected chi connectivity index (χ3v) is 5.95. The molecule has 0 saturated heterocycles. The lowest BCUT2D eigenvalue weighted by atomic mass is 10.2. The van der Waals surface area contributed by atoms with Crippen LogP contribution in [0.25, 0.3) is 0 Å². The first-order chi connectivity index (χ1) is 15.5. The minimum absolute atomic E-state index is 0.0716. The molecule has 1 N–H and O–H groups in total.